The van der Waals surface area contributed by atoms with Crippen LogP contribution in [0.1, 0.15) is 6.92 Å². The van der Waals surface area contributed by atoms with Gasteiger partial charge in [-0.1, -0.05) is 18.2 Å². The number of rotatable bonds is 2. The summed E-state index contributed by atoms with van der Waals surface area (Å²) in [6.45, 7) is 4.42. The van der Waals surface area contributed by atoms with Crippen molar-refractivity contribution in [1.29, 1.82) is 0 Å². The number of fused-ring (bicyclic) bond motifs is 1. The average molecular weight is 366 g/mol. The Morgan fingerprint density at radius 2 is 1.78 bits per heavy atom. The third-order valence-electron chi connectivity index (χ3n) is 4.99. The Balaban J connectivity index is 1.44. The summed E-state index contributed by atoms with van der Waals surface area (Å²) >= 11 is 0. The second-order valence-electron chi connectivity index (χ2n) is 6.70. The molecule has 7 nitrogen and oxygen atoms in total. The van der Waals surface area contributed by atoms with Crippen LogP contribution in [0.2, 0.25) is 0 Å². The quantitative estimate of drug-likeness (QED) is 0.807. The van der Waals surface area contributed by atoms with Crippen LogP contribution in [0.3, 0.4) is 0 Å². The molecule has 1 fully saturated rings. The van der Waals surface area contributed by atoms with Crippen LogP contribution < -0.4 is 14.5 Å². The van der Waals surface area contributed by atoms with Gasteiger partial charge in [0.1, 0.15) is 11.6 Å². The summed E-state index contributed by atoms with van der Waals surface area (Å²) in [6, 6.07) is 13.2. The van der Waals surface area contributed by atoms with E-state index in [0.717, 1.165) is 18.9 Å². The fourth-order valence-corrected chi connectivity index (χ4v) is 3.56. The van der Waals surface area contributed by atoms with Crippen molar-refractivity contribution in [2.75, 3.05) is 42.5 Å². The molecular weight excluding hydrogens is 344 g/mol. The van der Waals surface area contributed by atoms with E-state index < -0.39 is 6.10 Å². The number of para-hydroxylation sites is 2. The Morgan fingerprint density at radius 3 is 2.48 bits per heavy atom. The van der Waals surface area contributed by atoms with E-state index in [1.54, 1.807) is 17.2 Å². The molecule has 0 bridgehead atoms. The molecule has 7 heteroatoms. The summed E-state index contributed by atoms with van der Waals surface area (Å²) in [4.78, 5) is 35.0. The van der Waals surface area contributed by atoms with E-state index in [2.05, 4.69) is 9.88 Å². The third kappa shape index (κ3) is 3.45. The monoisotopic (exact) mass is 366 g/mol. The van der Waals surface area contributed by atoms with E-state index in [1.165, 1.54) is 6.92 Å². The number of hydrogen-bond donors (Lipinski definition) is 0. The van der Waals surface area contributed by atoms with Crippen LogP contribution in [0.15, 0.2) is 48.7 Å². The van der Waals surface area contributed by atoms with Crippen molar-refractivity contribution in [3.8, 4) is 5.75 Å². The number of amides is 2. The van der Waals surface area contributed by atoms with Crippen molar-refractivity contribution in [1.82, 2.24) is 9.88 Å². The van der Waals surface area contributed by atoms with Crippen LogP contribution >= 0.6 is 0 Å². The number of hydrogen-bond acceptors (Lipinski definition) is 5. The van der Waals surface area contributed by atoms with Crippen molar-refractivity contribution in [2.45, 2.75) is 13.0 Å². The van der Waals surface area contributed by atoms with Gasteiger partial charge in [0.05, 0.1) is 12.2 Å². The molecule has 0 saturated carbocycles. The number of carbonyl (C=O) groups is 2. The van der Waals surface area contributed by atoms with Gasteiger partial charge in [-0.3, -0.25) is 9.59 Å². The second kappa shape index (κ2) is 7.26. The maximum absolute atomic E-state index is 13.0. The fourth-order valence-electron chi connectivity index (χ4n) is 3.56. The molecule has 1 atom stereocenters. The van der Waals surface area contributed by atoms with Gasteiger partial charge < -0.3 is 19.4 Å². The van der Waals surface area contributed by atoms with Gasteiger partial charge in [0.2, 0.25) is 5.91 Å². The van der Waals surface area contributed by atoms with Crippen LogP contribution in [-0.2, 0) is 9.59 Å². The maximum atomic E-state index is 13.0. The first-order valence-electron chi connectivity index (χ1n) is 9.12. The lowest BCUT2D eigenvalue weighted by molar-refractivity contribution is -0.139. The number of pyridine rings is 1. The van der Waals surface area contributed by atoms with E-state index in [1.807, 2.05) is 41.3 Å². The summed E-state index contributed by atoms with van der Waals surface area (Å²) in [5, 5.41) is 0. The van der Waals surface area contributed by atoms with Crippen LogP contribution in [0, 0.1) is 0 Å². The van der Waals surface area contributed by atoms with Gasteiger partial charge in [0.25, 0.3) is 5.91 Å². The van der Waals surface area contributed by atoms with E-state index >= 15 is 0 Å². The summed E-state index contributed by atoms with van der Waals surface area (Å²) in [7, 11) is 0. The van der Waals surface area contributed by atoms with Gasteiger partial charge in [0, 0.05) is 39.3 Å². The number of anilines is 2. The lowest BCUT2D eigenvalue weighted by Gasteiger charge is -2.39. The molecule has 2 amide bonds. The zero-order valence-electron chi connectivity index (χ0n) is 15.2. The highest BCUT2D eigenvalue weighted by Gasteiger charge is 2.36. The van der Waals surface area contributed by atoms with E-state index in [0.29, 0.717) is 24.5 Å². The van der Waals surface area contributed by atoms with Crippen molar-refractivity contribution in [3.05, 3.63) is 48.7 Å². The largest absolute Gasteiger partial charge is 0.476 e. The minimum Gasteiger partial charge on any atom is -0.476 e. The van der Waals surface area contributed by atoms with Crippen LogP contribution in [0.5, 0.6) is 5.75 Å². The molecule has 3 heterocycles. The lowest BCUT2D eigenvalue weighted by atomic mass is 10.1. The molecule has 0 aliphatic carbocycles. The van der Waals surface area contributed by atoms with Gasteiger partial charge in [0.15, 0.2) is 6.10 Å². The van der Waals surface area contributed by atoms with Gasteiger partial charge in [-0.25, -0.2) is 4.98 Å². The van der Waals surface area contributed by atoms with Crippen molar-refractivity contribution in [3.63, 3.8) is 0 Å². The van der Waals surface area contributed by atoms with Gasteiger partial charge in [-0.2, -0.15) is 0 Å². The first-order valence-corrected chi connectivity index (χ1v) is 9.12. The minimum absolute atomic E-state index is 0.0728. The second-order valence-corrected chi connectivity index (χ2v) is 6.70. The molecule has 1 aromatic carbocycles. The van der Waals surface area contributed by atoms with E-state index in [4.69, 9.17) is 4.74 Å². The summed E-state index contributed by atoms with van der Waals surface area (Å²) in [5.41, 5.74) is 0.717. The van der Waals surface area contributed by atoms with Gasteiger partial charge in [-0.05, 0) is 24.3 Å². The number of benzene rings is 1. The Bertz CT molecular complexity index is 834. The molecule has 140 valence electrons. The SMILES string of the molecule is CC(=O)N1C[C@@H](C(=O)N2CCN(c3ccccn3)CC2)Oc2ccccc21. The van der Waals surface area contributed by atoms with E-state index in [9.17, 15) is 9.59 Å². The normalized spacial score (nSPS) is 19.3. The summed E-state index contributed by atoms with van der Waals surface area (Å²) in [6.07, 6.45) is 1.10. The molecular formula is C20H22N4O3. The average Bonchev–Trinajstić information content (AvgIpc) is 2.73. The predicted molar refractivity (Wildman–Crippen MR) is 102 cm³/mol. The molecule has 4 rings (SSSR count). The van der Waals surface area contributed by atoms with Crippen molar-refractivity contribution in [2.24, 2.45) is 0 Å². The smallest absolute Gasteiger partial charge is 0.265 e. The minimum atomic E-state index is -0.676. The van der Waals surface area contributed by atoms with Crippen LogP contribution in [0.25, 0.3) is 0 Å². The van der Waals surface area contributed by atoms with Crippen LogP contribution in [-0.4, -0.2) is 60.5 Å². The lowest BCUT2D eigenvalue weighted by Crippen LogP contribution is -2.56. The third-order valence-corrected chi connectivity index (χ3v) is 4.99. The van der Waals surface area contributed by atoms with Gasteiger partial charge in [-0.15, -0.1) is 0 Å². The molecule has 1 saturated heterocycles. The molecule has 0 N–H and O–H groups in total. The molecule has 2 aliphatic heterocycles. The fraction of sp³-hybridized carbons (Fsp3) is 0.350. The Kier molecular flexibility index (Phi) is 4.66. The molecule has 0 radical (unpaired) electrons. The highest BCUT2D eigenvalue weighted by atomic mass is 16.5. The number of nitrogens with zero attached hydrogens (tertiary/aromatic N) is 4. The zero-order chi connectivity index (χ0) is 18.8. The Labute approximate surface area is 158 Å². The standard InChI is InChI=1S/C20H22N4O3/c1-15(25)24-14-18(27-17-7-3-2-6-16(17)24)20(26)23-12-10-22(11-13-23)19-8-4-5-9-21-19/h2-9,18H,10-14H2,1H3/t18-/m0/s1. The molecule has 0 unspecified atom stereocenters. The first-order chi connectivity index (χ1) is 13.1. The molecule has 2 aromatic rings. The Hall–Kier alpha value is -3.09. The highest BCUT2D eigenvalue weighted by molar-refractivity contribution is 5.95. The predicted octanol–water partition coefficient (Wildman–Crippen LogP) is 1.54. The van der Waals surface area contributed by atoms with Gasteiger partial charge >= 0.3 is 0 Å². The molecule has 27 heavy (non-hydrogen) atoms. The summed E-state index contributed by atoms with van der Waals surface area (Å²) in [5.74, 6) is 1.33. The Morgan fingerprint density at radius 1 is 1.04 bits per heavy atom. The number of ether oxygens (including phenoxy) is 1. The first kappa shape index (κ1) is 17.3. The number of carbonyl (C=O) groups excluding carboxylic acids is 2. The topological polar surface area (TPSA) is 66.0 Å². The summed E-state index contributed by atoms with van der Waals surface area (Å²) < 4.78 is 5.93. The zero-order valence-corrected chi connectivity index (χ0v) is 15.2. The number of aromatic nitrogens is 1. The highest BCUT2D eigenvalue weighted by Crippen LogP contribution is 2.33. The molecule has 0 spiro atoms. The molecule has 2 aliphatic rings. The van der Waals surface area contributed by atoms with Crippen LogP contribution in [0.4, 0.5) is 11.5 Å². The molecule has 1 aromatic heterocycles. The van der Waals surface area contributed by atoms with Crippen molar-refractivity contribution < 1.29 is 14.3 Å². The van der Waals surface area contributed by atoms with E-state index in [-0.39, 0.29) is 18.4 Å². The maximum Gasteiger partial charge on any atom is 0.265 e. The number of piperazine rings is 1. The van der Waals surface area contributed by atoms with Crippen molar-refractivity contribution >= 4 is 23.3 Å².